The topological polar surface area (TPSA) is 95.1 Å². The lowest BCUT2D eigenvalue weighted by Gasteiger charge is -2.27. The molecule has 4 aromatic rings. The van der Waals surface area contributed by atoms with Gasteiger partial charge in [0.1, 0.15) is 11.3 Å². The van der Waals surface area contributed by atoms with Crippen LogP contribution in [-0.4, -0.2) is 16.9 Å². The van der Waals surface area contributed by atoms with Crippen LogP contribution in [0.4, 0.5) is 0 Å². The maximum Gasteiger partial charge on any atom is 0.248 e. The normalized spacial score (nSPS) is 19.6. The number of para-hydroxylation sites is 1. The van der Waals surface area contributed by atoms with Gasteiger partial charge in [0, 0.05) is 40.1 Å². The molecule has 0 spiro atoms. The van der Waals surface area contributed by atoms with Crippen LogP contribution in [0.5, 0.6) is 0 Å². The fraction of sp³-hybridized carbons (Fsp3) is 0.250. The van der Waals surface area contributed by atoms with Crippen LogP contribution >= 0.6 is 0 Å². The summed E-state index contributed by atoms with van der Waals surface area (Å²) in [6.45, 7) is 0. The second-order valence-corrected chi connectivity index (χ2v) is 7.94. The molecule has 4 N–H and O–H groups in total. The Morgan fingerprint density at radius 1 is 1.00 bits per heavy atom. The van der Waals surface area contributed by atoms with Gasteiger partial charge in [-0.05, 0) is 55.3 Å². The predicted molar refractivity (Wildman–Crippen MR) is 115 cm³/mol. The highest BCUT2D eigenvalue weighted by atomic mass is 16.3. The average Bonchev–Trinajstić information content (AvgIpc) is 3.17. The number of hydrogen-bond acceptors (Lipinski definition) is 4. The molecule has 2 heterocycles. The predicted octanol–water partition coefficient (Wildman–Crippen LogP) is 4.73. The molecular weight excluding hydrogens is 362 g/mol. The first-order valence-corrected chi connectivity index (χ1v) is 10.1. The van der Waals surface area contributed by atoms with Crippen molar-refractivity contribution in [2.45, 2.75) is 37.6 Å². The molecule has 1 amide bonds. The number of rotatable bonds is 3. The van der Waals surface area contributed by atoms with E-state index in [9.17, 15) is 4.79 Å². The number of pyridine rings is 1. The third-order valence-electron chi connectivity index (χ3n) is 6.04. The van der Waals surface area contributed by atoms with Crippen molar-refractivity contribution in [3.8, 4) is 11.3 Å². The molecule has 0 radical (unpaired) electrons. The quantitative estimate of drug-likeness (QED) is 0.533. The van der Waals surface area contributed by atoms with Crippen LogP contribution < -0.4 is 11.5 Å². The summed E-state index contributed by atoms with van der Waals surface area (Å²) < 4.78 is 6.23. The second kappa shape index (κ2) is 7.01. The maximum atomic E-state index is 11.8. The van der Waals surface area contributed by atoms with Crippen molar-refractivity contribution in [2.24, 2.45) is 11.5 Å². The third-order valence-corrected chi connectivity index (χ3v) is 6.04. The van der Waals surface area contributed by atoms with Gasteiger partial charge >= 0.3 is 0 Å². The van der Waals surface area contributed by atoms with Gasteiger partial charge in [0.05, 0.1) is 5.69 Å². The average molecular weight is 385 g/mol. The zero-order chi connectivity index (χ0) is 20.0. The van der Waals surface area contributed by atoms with Crippen LogP contribution in [0.15, 0.2) is 59.1 Å². The number of nitrogens with zero attached hydrogens (tertiary/aromatic N) is 1. The molecule has 146 valence electrons. The van der Waals surface area contributed by atoms with Gasteiger partial charge in [-0.15, -0.1) is 0 Å². The molecule has 0 unspecified atom stereocenters. The van der Waals surface area contributed by atoms with Crippen molar-refractivity contribution in [3.05, 3.63) is 66.0 Å². The summed E-state index contributed by atoms with van der Waals surface area (Å²) in [5.41, 5.74) is 15.0. The Hall–Kier alpha value is -3.18. The summed E-state index contributed by atoms with van der Waals surface area (Å²) in [7, 11) is 0. The van der Waals surface area contributed by atoms with Crippen LogP contribution in [0.2, 0.25) is 0 Å². The number of benzene rings is 2. The number of furan rings is 1. The highest BCUT2D eigenvalue weighted by molar-refractivity contribution is 6.03. The van der Waals surface area contributed by atoms with Crippen molar-refractivity contribution >= 4 is 27.6 Å². The lowest BCUT2D eigenvalue weighted by Crippen LogP contribution is -2.26. The van der Waals surface area contributed by atoms with E-state index >= 15 is 0 Å². The van der Waals surface area contributed by atoms with Gasteiger partial charge in [0.15, 0.2) is 0 Å². The minimum atomic E-state index is -0.440. The Labute approximate surface area is 168 Å². The number of amides is 1. The molecule has 0 bridgehead atoms. The molecule has 1 aliphatic rings. The first kappa shape index (κ1) is 17.9. The molecule has 5 heteroatoms. The molecular formula is C24H23N3O2. The summed E-state index contributed by atoms with van der Waals surface area (Å²) in [5.74, 6) is 0.653. The van der Waals surface area contributed by atoms with Crippen molar-refractivity contribution in [2.75, 3.05) is 0 Å². The van der Waals surface area contributed by atoms with Gasteiger partial charge in [-0.1, -0.05) is 24.3 Å². The highest BCUT2D eigenvalue weighted by Gasteiger charge is 2.26. The molecule has 0 aliphatic heterocycles. The Balaban J connectivity index is 1.77. The summed E-state index contributed by atoms with van der Waals surface area (Å²) >= 11 is 0. The lowest BCUT2D eigenvalue weighted by atomic mass is 9.81. The zero-order valence-corrected chi connectivity index (χ0v) is 16.1. The lowest BCUT2D eigenvalue weighted by molar-refractivity contribution is 0.100. The SMILES string of the molecule is NC(=O)c1ccc2cnc(C3CCC(N)CC3)c(-c3cc4ccccc4o3)c2c1. The maximum absolute atomic E-state index is 11.8. The van der Waals surface area contributed by atoms with Crippen LogP contribution in [0.1, 0.15) is 47.7 Å². The van der Waals surface area contributed by atoms with E-state index in [2.05, 4.69) is 6.07 Å². The molecule has 1 saturated carbocycles. The Kier molecular flexibility index (Phi) is 4.32. The van der Waals surface area contributed by atoms with Crippen molar-refractivity contribution in [1.82, 2.24) is 4.98 Å². The van der Waals surface area contributed by atoms with E-state index in [-0.39, 0.29) is 6.04 Å². The van der Waals surface area contributed by atoms with Crippen LogP contribution in [0.25, 0.3) is 33.1 Å². The number of aromatic nitrogens is 1. The second-order valence-electron chi connectivity index (χ2n) is 7.94. The number of carbonyl (C=O) groups excluding carboxylic acids is 1. The molecule has 0 atom stereocenters. The Morgan fingerprint density at radius 3 is 2.55 bits per heavy atom. The number of primary amides is 1. The number of nitrogens with two attached hydrogens (primary N) is 2. The van der Waals surface area contributed by atoms with Crippen molar-refractivity contribution in [3.63, 3.8) is 0 Å². The van der Waals surface area contributed by atoms with Crippen LogP contribution in [0.3, 0.4) is 0 Å². The first-order chi connectivity index (χ1) is 14.1. The van der Waals surface area contributed by atoms with E-state index in [1.807, 2.05) is 42.6 Å². The van der Waals surface area contributed by atoms with Gasteiger partial charge in [0.25, 0.3) is 0 Å². The fourth-order valence-corrected chi connectivity index (χ4v) is 4.45. The molecule has 29 heavy (non-hydrogen) atoms. The highest BCUT2D eigenvalue weighted by Crippen LogP contribution is 2.41. The monoisotopic (exact) mass is 385 g/mol. The molecule has 2 aromatic heterocycles. The van der Waals surface area contributed by atoms with E-state index in [0.717, 1.165) is 64.4 Å². The number of hydrogen-bond donors (Lipinski definition) is 2. The standard InChI is InChI=1S/C24H23N3O2/c25-18-9-7-14(8-10-18)23-22(21-12-15-3-1-2-4-20(15)29-21)19-11-16(24(26)28)5-6-17(19)13-27-23/h1-6,11-14,18H,7-10,25H2,(H2,26,28). The Bertz CT molecular complexity index is 1190. The van der Waals surface area contributed by atoms with Gasteiger partial charge < -0.3 is 15.9 Å². The summed E-state index contributed by atoms with van der Waals surface area (Å²) in [6.07, 6.45) is 5.87. The summed E-state index contributed by atoms with van der Waals surface area (Å²) in [4.78, 5) is 16.7. The summed E-state index contributed by atoms with van der Waals surface area (Å²) in [6, 6.07) is 15.8. The van der Waals surface area contributed by atoms with E-state index in [4.69, 9.17) is 20.9 Å². The van der Waals surface area contributed by atoms with E-state index in [1.165, 1.54) is 0 Å². The smallest absolute Gasteiger partial charge is 0.248 e. The molecule has 1 fully saturated rings. The van der Waals surface area contributed by atoms with Gasteiger partial charge in [0.2, 0.25) is 5.91 Å². The minimum Gasteiger partial charge on any atom is -0.456 e. The van der Waals surface area contributed by atoms with E-state index < -0.39 is 5.91 Å². The van der Waals surface area contributed by atoms with E-state index in [0.29, 0.717) is 11.5 Å². The third kappa shape index (κ3) is 3.17. The zero-order valence-electron chi connectivity index (χ0n) is 16.1. The Morgan fingerprint density at radius 2 is 1.79 bits per heavy atom. The molecule has 0 saturated heterocycles. The van der Waals surface area contributed by atoms with Crippen molar-refractivity contribution in [1.29, 1.82) is 0 Å². The largest absolute Gasteiger partial charge is 0.456 e. The number of fused-ring (bicyclic) bond motifs is 2. The number of carbonyl (C=O) groups is 1. The van der Waals surface area contributed by atoms with Crippen LogP contribution in [0, 0.1) is 0 Å². The molecule has 5 nitrogen and oxygen atoms in total. The molecule has 2 aromatic carbocycles. The van der Waals surface area contributed by atoms with Crippen LogP contribution in [-0.2, 0) is 0 Å². The van der Waals surface area contributed by atoms with Gasteiger partial charge in [-0.2, -0.15) is 0 Å². The molecule has 1 aliphatic carbocycles. The van der Waals surface area contributed by atoms with Gasteiger partial charge in [-0.3, -0.25) is 9.78 Å². The minimum absolute atomic E-state index is 0.267. The first-order valence-electron chi connectivity index (χ1n) is 10.1. The van der Waals surface area contributed by atoms with E-state index in [1.54, 1.807) is 6.07 Å². The van der Waals surface area contributed by atoms with Crippen molar-refractivity contribution < 1.29 is 9.21 Å². The summed E-state index contributed by atoms with van der Waals surface area (Å²) in [5, 5.41) is 2.95. The molecule has 5 rings (SSSR count). The van der Waals surface area contributed by atoms with Gasteiger partial charge in [-0.25, -0.2) is 0 Å². The fourth-order valence-electron chi connectivity index (χ4n) is 4.45.